The number of aliphatic hydroxyl groups is 4. The summed E-state index contributed by atoms with van der Waals surface area (Å²) in [7, 11) is 2.86. The molecule has 2 saturated heterocycles. The molecule has 4 fully saturated rings. The van der Waals surface area contributed by atoms with Crippen LogP contribution in [0.1, 0.15) is 52.9 Å². The van der Waals surface area contributed by atoms with Crippen LogP contribution in [0.2, 0.25) is 0 Å². The van der Waals surface area contributed by atoms with Gasteiger partial charge in [0, 0.05) is 19.6 Å². The summed E-state index contributed by atoms with van der Waals surface area (Å²) in [5.41, 5.74) is -2.76. The van der Waals surface area contributed by atoms with E-state index in [1.807, 2.05) is 0 Å². The van der Waals surface area contributed by atoms with E-state index in [-0.39, 0.29) is 23.2 Å². The molecule has 0 aromatic carbocycles. The van der Waals surface area contributed by atoms with Crippen LogP contribution in [-0.4, -0.2) is 83.3 Å². The number of aliphatic hydroxyl groups excluding tert-OH is 3. The van der Waals surface area contributed by atoms with Crippen LogP contribution < -0.4 is 0 Å². The first-order chi connectivity index (χ1) is 14.0. The van der Waals surface area contributed by atoms with Gasteiger partial charge < -0.3 is 39.4 Å². The zero-order valence-corrected chi connectivity index (χ0v) is 18.7. The summed E-state index contributed by atoms with van der Waals surface area (Å²) >= 11 is 0. The molecule has 174 valence electrons. The Hall–Kier alpha value is -0.320. The highest BCUT2D eigenvalue weighted by Crippen LogP contribution is 2.68. The van der Waals surface area contributed by atoms with Gasteiger partial charge in [0.25, 0.3) is 0 Å². The summed E-state index contributed by atoms with van der Waals surface area (Å²) in [5, 5.41) is 43.4. The molecular formula is C22H38O8. The lowest BCUT2D eigenvalue weighted by molar-refractivity contribution is -0.225. The third-order valence-electron chi connectivity index (χ3n) is 9.48. The third kappa shape index (κ3) is 2.88. The fourth-order valence-electron chi connectivity index (χ4n) is 7.01. The van der Waals surface area contributed by atoms with Crippen molar-refractivity contribution in [2.24, 2.45) is 22.7 Å². The van der Waals surface area contributed by atoms with Gasteiger partial charge in [0.15, 0.2) is 12.6 Å². The summed E-state index contributed by atoms with van der Waals surface area (Å²) in [4.78, 5) is 0. The van der Waals surface area contributed by atoms with E-state index in [9.17, 15) is 20.4 Å². The first-order valence-corrected chi connectivity index (χ1v) is 11.1. The monoisotopic (exact) mass is 430 g/mol. The fourth-order valence-corrected chi connectivity index (χ4v) is 7.01. The van der Waals surface area contributed by atoms with E-state index in [1.165, 1.54) is 14.2 Å². The van der Waals surface area contributed by atoms with Crippen molar-refractivity contribution < 1.29 is 39.4 Å². The summed E-state index contributed by atoms with van der Waals surface area (Å²) in [5.74, 6) is 0.452. The normalized spacial score (nSPS) is 58.1. The van der Waals surface area contributed by atoms with E-state index in [0.29, 0.717) is 25.4 Å². The van der Waals surface area contributed by atoms with Crippen molar-refractivity contribution in [2.45, 2.75) is 95.0 Å². The summed E-state index contributed by atoms with van der Waals surface area (Å²) < 4.78 is 21.9. The van der Waals surface area contributed by atoms with Gasteiger partial charge in [-0.1, -0.05) is 20.8 Å². The lowest BCUT2D eigenvalue weighted by atomic mass is 9.43. The molecule has 4 N–H and O–H groups in total. The van der Waals surface area contributed by atoms with Gasteiger partial charge in [0.2, 0.25) is 0 Å². The molecule has 0 unspecified atom stereocenters. The van der Waals surface area contributed by atoms with E-state index in [0.717, 1.165) is 12.8 Å². The molecule has 2 saturated carbocycles. The van der Waals surface area contributed by atoms with Crippen LogP contribution in [0.5, 0.6) is 0 Å². The molecule has 0 aromatic heterocycles. The maximum atomic E-state index is 11.3. The van der Waals surface area contributed by atoms with Gasteiger partial charge in [-0.3, -0.25) is 0 Å². The van der Waals surface area contributed by atoms with Crippen molar-refractivity contribution in [2.75, 3.05) is 20.8 Å². The Kier molecular flexibility index (Phi) is 5.60. The standard InChI is InChI=1S/C22H38O8/c1-12-6-7-20(3)14(10-13(23)15(24)22(20)11-29-22)19(12,2)8-9-21(26)16(25)17(27-4)30-18(21)28-5/h12-18,23-26H,6-11H2,1-5H3/t12-,13-,14+,15-,16+,17+,18-,19-,20+,21-,22-/m0/s1. The number of ether oxygens (including phenoxy) is 4. The van der Waals surface area contributed by atoms with Crippen molar-refractivity contribution in [3.05, 3.63) is 0 Å². The highest BCUT2D eigenvalue weighted by Gasteiger charge is 2.73. The Bertz CT molecular complexity index is 651. The second-order valence-corrected chi connectivity index (χ2v) is 10.6. The van der Waals surface area contributed by atoms with Crippen LogP contribution in [0.15, 0.2) is 0 Å². The Labute approximate surface area is 178 Å². The summed E-state index contributed by atoms with van der Waals surface area (Å²) in [6.07, 6.45) is -1.57. The van der Waals surface area contributed by atoms with Crippen molar-refractivity contribution >= 4 is 0 Å². The van der Waals surface area contributed by atoms with Crippen LogP contribution in [0.3, 0.4) is 0 Å². The molecule has 30 heavy (non-hydrogen) atoms. The van der Waals surface area contributed by atoms with Gasteiger partial charge in [-0.25, -0.2) is 0 Å². The predicted octanol–water partition coefficient (Wildman–Crippen LogP) is 0.787. The molecule has 0 bridgehead atoms. The molecule has 2 heterocycles. The van der Waals surface area contributed by atoms with Gasteiger partial charge in [-0.05, 0) is 49.4 Å². The van der Waals surface area contributed by atoms with Gasteiger partial charge >= 0.3 is 0 Å². The second kappa shape index (κ2) is 7.35. The number of fused-ring (bicyclic) bond motifs is 2. The molecule has 1 spiro atoms. The maximum Gasteiger partial charge on any atom is 0.191 e. The van der Waals surface area contributed by atoms with Crippen molar-refractivity contribution in [1.29, 1.82) is 0 Å². The quantitative estimate of drug-likeness (QED) is 0.473. The smallest absolute Gasteiger partial charge is 0.191 e. The van der Waals surface area contributed by atoms with E-state index < -0.39 is 42.1 Å². The minimum absolute atomic E-state index is 0.108. The Balaban J connectivity index is 1.61. The first kappa shape index (κ1) is 22.9. The summed E-state index contributed by atoms with van der Waals surface area (Å²) in [6, 6.07) is 0. The fraction of sp³-hybridized carbons (Fsp3) is 1.00. The van der Waals surface area contributed by atoms with E-state index in [4.69, 9.17) is 18.9 Å². The Morgan fingerprint density at radius 3 is 2.27 bits per heavy atom. The zero-order chi connectivity index (χ0) is 22.1. The molecule has 2 aliphatic heterocycles. The minimum atomic E-state index is -1.59. The van der Waals surface area contributed by atoms with Gasteiger partial charge in [0.1, 0.15) is 23.4 Å². The molecule has 0 aromatic rings. The number of rotatable bonds is 5. The zero-order valence-electron chi connectivity index (χ0n) is 18.7. The average Bonchev–Trinajstić information content (AvgIpc) is 3.49. The molecular weight excluding hydrogens is 392 g/mol. The molecule has 0 amide bonds. The number of methoxy groups -OCH3 is 2. The topological polar surface area (TPSA) is 121 Å². The first-order valence-electron chi connectivity index (χ1n) is 11.1. The van der Waals surface area contributed by atoms with Crippen molar-refractivity contribution in [3.8, 4) is 0 Å². The summed E-state index contributed by atoms with van der Waals surface area (Å²) in [6.45, 7) is 7.09. The lowest BCUT2D eigenvalue weighted by Crippen LogP contribution is -2.65. The predicted molar refractivity (Wildman–Crippen MR) is 106 cm³/mol. The van der Waals surface area contributed by atoms with Crippen LogP contribution >= 0.6 is 0 Å². The van der Waals surface area contributed by atoms with Gasteiger partial charge in [-0.2, -0.15) is 0 Å². The van der Waals surface area contributed by atoms with Crippen LogP contribution in [-0.2, 0) is 18.9 Å². The van der Waals surface area contributed by atoms with Crippen LogP contribution in [0, 0.1) is 22.7 Å². The molecule has 8 heteroatoms. The third-order valence-corrected chi connectivity index (χ3v) is 9.48. The lowest BCUT2D eigenvalue weighted by Gasteiger charge is -2.62. The number of epoxide rings is 1. The van der Waals surface area contributed by atoms with Crippen LogP contribution in [0.4, 0.5) is 0 Å². The Morgan fingerprint density at radius 2 is 1.70 bits per heavy atom. The maximum absolute atomic E-state index is 11.3. The average molecular weight is 431 g/mol. The van der Waals surface area contributed by atoms with Gasteiger partial charge in [-0.15, -0.1) is 0 Å². The van der Waals surface area contributed by atoms with Crippen molar-refractivity contribution in [3.63, 3.8) is 0 Å². The van der Waals surface area contributed by atoms with E-state index in [1.54, 1.807) is 0 Å². The molecule has 11 atom stereocenters. The minimum Gasteiger partial charge on any atom is -0.390 e. The molecule has 0 radical (unpaired) electrons. The van der Waals surface area contributed by atoms with E-state index in [2.05, 4.69) is 20.8 Å². The van der Waals surface area contributed by atoms with Gasteiger partial charge in [0.05, 0.1) is 12.7 Å². The number of hydrogen-bond donors (Lipinski definition) is 4. The largest absolute Gasteiger partial charge is 0.390 e. The molecule has 2 aliphatic carbocycles. The Morgan fingerprint density at radius 1 is 1.03 bits per heavy atom. The molecule has 4 aliphatic rings. The molecule has 8 nitrogen and oxygen atoms in total. The van der Waals surface area contributed by atoms with Crippen LogP contribution in [0.25, 0.3) is 0 Å². The molecule has 4 rings (SSSR count). The highest BCUT2D eigenvalue weighted by atomic mass is 16.8. The second-order valence-electron chi connectivity index (χ2n) is 10.6. The highest BCUT2D eigenvalue weighted by molar-refractivity contribution is 5.21. The van der Waals surface area contributed by atoms with Crippen molar-refractivity contribution in [1.82, 2.24) is 0 Å². The SMILES string of the molecule is CO[C@@H]1O[C@H](OC)[C@](O)(CC[C@]2(C)[C@H]3C[C@H](O)[C@H](O)[C@@]4(CO4)[C@]3(C)CC[C@@H]2C)[C@@H]1O. The number of hydrogen-bond acceptors (Lipinski definition) is 8. The van der Waals surface area contributed by atoms with E-state index >= 15 is 0 Å².